The van der Waals surface area contributed by atoms with Gasteiger partial charge in [-0.05, 0) is 11.6 Å². The minimum absolute atomic E-state index is 0.237. The zero-order valence-electron chi connectivity index (χ0n) is 17.3. The van der Waals surface area contributed by atoms with Crippen molar-refractivity contribution in [2.75, 3.05) is 12.4 Å². The Morgan fingerprint density at radius 3 is 2.84 bits per heavy atom. The summed E-state index contributed by atoms with van der Waals surface area (Å²) in [5, 5.41) is 16.2. The van der Waals surface area contributed by atoms with Crippen molar-refractivity contribution in [2.45, 2.75) is 31.4 Å². The van der Waals surface area contributed by atoms with Crippen LogP contribution in [0.2, 0.25) is 0 Å². The van der Waals surface area contributed by atoms with E-state index in [9.17, 15) is 9.90 Å². The fraction of sp³-hybridized carbons (Fsp3) is 0.273. The van der Waals surface area contributed by atoms with E-state index < -0.39 is 18.4 Å². The Balaban J connectivity index is 1.53. The molecule has 1 aliphatic heterocycles. The molecule has 32 heavy (non-hydrogen) atoms. The normalized spacial score (nSPS) is 20.5. The van der Waals surface area contributed by atoms with Gasteiger partial charge in [0.25, 0.3) is 5.91 Å². The van der Waals surface area contributed by atoms with Gasteiger partial charge in [-0.25, -0.2) is 15.0 Å². The van der Waals surface area contributed by atoms with Crippen LogP contribution in [0.1, 0.15) is 18.2 Å². The second-order valence-electron chi connectivity index (χ2n) is 7.50. The number of imidazole rings is 1. The van der Waals surface area contributed by atoms with Gasteiger partial charge in [-0.3, -0.25) is 9.36 Å². The summed E-state index contributed by atoms with van der Waals surface area (Å²) in [6.07, 6.45) is 2.49. The van der Waals surface area contributed by atoms with E-state index >= 15 is 0 Å². The Hall–Kier alpha value is -3.76. The third-order valence-corrected chi connectivity index (χ3v) is 5.41. The van der Waals surface area contributed by atoms with Gasteiger partial charge in [0.1, 0.15) is 12.5 Å². The third kappa shape index (κ3) is 3.70. The molecule has 0 unspecified atom stereocenters. The second kappa shape index (κ2) is 8.40. The van der Waals surface area contributed by atoms with E-state index in [4.69, 9.17) is 9.15 Å². The van der Waals surface area contributed by atoms with E-state index in [2.05, 4.69) is 25.6 Å². The molecule has 10 nitrogen and oxygen atoms in total. The number of hydrogen-bond acceptors (Lipinski definition) is 8. The lowest BCUT2D eigenvalue weighted by molar-refractivity contribution is -0.137. The van der Waals surface area contributed by atoms with Crippen molar-refractivity contribution in [3.8, 4) is 11.4 Å². The fourth-order valence-corrected chi connectivity index (χ4v) is 3.76. The molecule has 164 valence electrons. The predicted molar refractivity (Wildman–Crippen MR) is 115 cm³/mol. The number of furan rings is 1. The Bertz CT molecular complexity index is 1220. The van der Waals surface area contributed by atoms with Gasteiger partial charge in [-0.1, -0.05) is 30.3 Å². The third-order valence-electron chi connectivity index (χ3n) is 5.41. The standard InChI is InChI=1S/C22H22N6O4/c1-23-22(30)18-15(29)9-16(32-18)28-12-25-17-20(24-10-13-5-3-2-4-6-13)26-19(27-21(17)28)14-7-8-31-11-14/h2-8,11-12,15-16,18,29H,9-10H2,1H3,(H,23,30)(H,24,26,27)/t15-,16+,18-/m0/s1. The van der Waals surface area contributed by atoms with Crippen molar-refractivity contribution < 1.29 is 19.1 Å². The quantitative estimate of drug-likeness (QED) is 0.421. The molecule has 0 aliphatic carbocycles. The van der Waals surface area contributed by atoms with Crippen LogP contribution in [0.5, 0.6) is 0 Å². The Kier molecular flexibility index (Phi) is 5.29. The number of amides is 1. The highest BCUT2D eigenvalue weighted by Gasteiger charge is 2.40. The Morgan fingerprint density at radius 1 is 1.25 bits per heavy atom. The first-order chi connectivity index (χ1) is 15.6. The number of anilines is 1. The number of carbonyl (C=O) groups is 1. The maximum absolute atomic E-state index is 12.0. The largest absolute Gasteiger partial charge is 0.472 e. The number of ether oxygens (including phenoxy) is 1. The molecule has 5 rings (SSSR count). The van der Waals surface area contributed by atoms with E-state index in [0.29, 0.717) is 29.4 Å². The number of aromatic nitrogens is 4. The zero-order valence-corrected chi connectivity index (χ0v) is 17.3. The second-order valence-corrected chi connectivity index (χ2v) is 7.50. The van der Waals surface area contributed by atoms with Gasteiger partial charge >= 0.3 is 0 Å². The van der Waals surface area contributed by atoms with Gasteiger partial charge in [-0.15, -0.1) is 0 Å². The summed E-state index contributed by atoms with van der Waals surface area (Å²) in [4.78, 5) is 25.9. The van der Waals surface area contributed by atoms with Crippen LogP contribution in [0, 0.1) is 0 Å². The van der Waals surface area contributed by atoms with Crippen LogP contribution in [0.25, 0.3) is 22.6 Å². The van der Waals surface area contributed by atoms with E-state index in [1.807, 2.05) is 30.3 Å². The number of benzene rings is 1. The molecule has 0 radical (unpaired) electrons. The average molecular weight is 434 g/mol. The predicted octanol–water partition coefficient (Wildman–Crippen LogP) is 2.09. The number of rotatable bonds is 6. The van der Waals surface area contributed by atoms with Crippen molar-refractivity contribution in [1.29, 1.82) is 0 Å². The van der Waals surface area contributed by atoms with Crippen molar-refractivity contribution in [3.05, 3.63) is 60.8 Å². The SMILES string of the molecule is CNC(=O)[C@H]1O[C@@H](n2cnc3c(NCc4ccccc4)nc(-c4ccoc4)nc32)C[C@@H]1O. The maximum atomic E-state index is 12.0. The van der Waals surface area contributed by atoms with Gasteiger partial charge in [0.05, 0.1) is 24.3 Å². The lowest BCUT2D eigenvalue weighted by atomic mass is 10.1. The first kappa shape index (κ1) is 20.2. The molecule has 3 aromatic heterocycles. The smallest absolute Gasteiger partial charge is 0.251 e. The lowest BCUT2D eigenvalue weighted by Gasteiger charge is -2.15. The summed E-state index contributed by atoms with van der Waals surface area (Å²) in [6, 6.07) is 11.7. The van der Waals surface area contributed by atoms with Gasteiger partial charge < -0.3 is 24.9 Å². The number of fused-ring (bicyclic) bond motifs is 1. The van der Waals surface area contributed by atoms with Crippen molar-refractivity contribution in [2.24, 2.45) is 0 Å². The van der Waals surface area contributed by atoms with Gasteiger partial charge in [0, 0.05) is 20.0 Å². The molecule has 3 atom stereocenters. The molecular formula is C22H22N6O4. The highest BCUT2D eigenvalue weighted by atomic mass is 16.5. The number of hydrogen-bond donors (Lipinski definition) is 3. The van der Waals surface area contributed by atoms with E-state index in [-0.39, 0.29) is 12.3 Å². The monoisotopic (exact) mass is 434 g/mol. The average Bonchev–Trinajstić information content (AvgIpc) is 3.57. The van der Waals surface area contributed by atoms with Crippen LogP contribution >= 0.6 is 0 Å². The molecule has 1 aromatic carbocycles. The maximum Gasteiger partial charge on any atom is 0.251 e. The fourth-order valence-electron chi connectivity index (χ4n) is 3.76. The summed E-state index contributed by atoms with van der Waals surface area (Å²) in [7, 11) is 1.51. The number of nitrogens with zero attached hydrogens (tertiary/aromatic N) is 4. The molecule has 0 spiro atoms. The molecular weight excluding hydrogens is 412 g/mol. The van der Waals surface area contributed by atoms with Crippen LogP contribution in [0.4, 0.5) is 5.82 Å². The van der Waals surface area contributed by atoms with Crippen LogP contribution in [0.3, 0.4) is 0 Å². The molecule has 1 aliphatic rings. The molecule has 3 N–H and O–H groups in total. The first-order valence-electron chi connectivity index (χ1n) is 10.2. The first-order valence-corrected chi connectivity index (χ1v) is 10.2. The molecule has 4 aromatic rings. The van der Waals surface area contributed by atoms with Crippen LogP contribution in [-0.4, -0.2) is 49.8 Å². The highest BCUT2D eigenvalue weighted by Crippen LogP contribution is 2.33. The Morgan fingerprint density at radius 2 is 2.09 bits per heavy atom. The van der Waals surface area contributed by atoms with E-state index in [1.165, 1.54) is 7.05 Å². The van der Waals surface area contributed by atoms with Crippen LogP contribution in [-0.2, 0) is 16.1 Å². The van der Waals surface area contributed by atoms with E-state index in [0.717, 1.165) is 11.1 Å². The topological polar surface area (TPSA) is 127 Å². The molecule has 4 heterocycles. The Labute approximate surface area is 183 Å². The van der Waals surface area contributed by atoms with Gasteiger partial charge in [0.2, 0.25) is 0 Å². The van der Waals surface area contributed by atoms with Gasteiger partial charge in [-0.2, -0.15) is 0 Å². The molecule has 1 fully saturated rings. The summed E-state index contributed by atoms with van der Waals surface area (Å²) >= 11 is 0. The summed E-state index contributed by atoms with van der Waals surface area (Å²) in [5.74, 6) is 0.656. The highest BCUT2D eigenvalue weighted by molar-refractivity contribution is 5.85. The zero-order chi connectivity index (χ0) is 22.1. The minimum atomic E-state index is -0.951. The lowest BCUT2D eigenvalue weighted by Crippen LogP contribution is -2.38. The minimum Gasteiger partial charge on any atom is -0.472 e. The van der Waals surface area contributed by atoms with Crippen molar-refractivity contribution in [3.63, 3.8) is 0 Å². The van der Waals surface area contributed by atoms with Crippen LogP contribution < -0.4 is 10.6 Å². The summed E-state index contributed by atoms with van der Waals surface area (Å²) in [5.41, 5.74) is 2.91. The number of aliphatic hydroxyl groups excluding tert-OH is 1. The number of aliphatic hydroxyl groups is 1. The molecule has 1 amide bonds. The summed E-state index contributed by atoms with van der Waals surface area (Å²) in [6.45, 7) is 0.558. The molecule has 0 bridgehead atoms. The van der Waals surface area contributed by atoms with Crippen molar-refractivity contribution in [1.82, 2.24) is 24.8 Å². The van der Waals surface area contributed by atoms with Crippen molar-refractivity contribution >= 4 is 22.9 Å². The van der Waals surface area contributed by atoms with E-state index in [1.54, 1.807) is 29.5 Å². The number of likely N-dealkylation sites (N-methyl/N-ethyl adjacent to an activating group) is 1. The molecule has 1 saturated heterocycles. The molecule has 10 heteroatoms. The molecule has 0 saturated carbocycles. The number of nitrogens with one attached hydrogen (secondary N) is 2. The number of carbonyl (C=O) groups excluding carboxylic acids is 1. The summed E-state index contributed by atoms with van der Waals surface area (Å²) < 4.78 is 12.8. The van der Waals surface area contributed by atoms with Gasteiger partial charge in [0.15, 0.2) is 28.9 Å². The van der Waals surface area contributed by atoms with Crippen LogP contribution in [0.15, 0.2) is 59.7 Å².